The van der Waals surface area contributed by atoms with Crippen molar-refractivity contribution in [2.75, 3.05) is 25.0 Å². The van der Waals surface area contributed by atoms with E-state index in [-0.39, 0.29) is 22.0 Å². The Morgan fingerprint density at radius 2 is 1.65 bits per heavy atom. The van der Waals surface area contributed by atoms with Crippen LogP contribution in [0.3, 0.4) is 0 Å². The van der Waals surface area contributed by atoms with Crippen molar-refractivity contribution < 1.29 is 30.7 Å². The van der Waals surface area contributed by atoms with Crippen LogP contribution in [-0.4, -0.2) is 37.2 Å². The molecule has 166 valence electrons. The van der Waals surface area contributed by atoms with Gasteiger partial charge in [0.2, 0.25) is 10.0 Å². The fraction of sp³-hybridized carbons (Fsp3) is 0.200. The molecule has 0 saturated heterocycles. The molecule has 1 heterocycles. The quantitative estimate of drug-likeness (QED) is 0.416. The van der Waals surface area contributed by atoms with Crippen molar-refractivity contribution in [1.82, 2.24) is 4.72 Å². The first-order chi connectivity index (χ1) is 14.8. The highest BCUT2D eigenvalue weighted by molar-refractivity contribution is 7.92. The van der Waals surface area contributed by atoms with Gasteiger partial charge in [0.15, 0.2) is 0 Å². The number of furan rings is 1. The van der Waals surface area contributed by atoms with Crippen LogP contribution in [0.4, 0.5) is 5.69 Å². The number of benzene rings is 2. The standard InChI is InChI=1S/C20H22N2O7S2/c1-27-12-13-29-17-7-9-19(10-8-17)31(25,26)22-16-4-2-6-20(14-16)30(23,24)21-15-18-5-3-11-28-18/h2-11,14,21-22H,12-13,15H2,1H3. The van der Waals surface area contributed by atoms with E-state index in [1.54, 1.807) is 19.2 Å². The maximum absolute atomic E-state index is 12.7. The molecule has 0 spiro atoms. The fourth-order valence-electron chi connectivity index (χ4n) is 2.56. The van der Waals surface area contributed by atoms with E-state index >= 15 is 0 Å². The smallest absolute Gasteiger partial charge is 0.261 e. The summed E-state index contributed by atoms with van der Waals surface area (Å²) in [5.41, 5.74) is 0.112. The Morgan fingerprint density at radius 1 is 0.871 bits per heavy atom. The van der Waals surface area contributed by atoms with Crippen LogP contribution in [0.2, 0.25) is 0 Å². The SMILES string of the molecule is COCCOc1ccc(S(=O)(=O)Nc2cccc(S(=O)(=O)NCc3ccco3)c2)cc1. The summed E-state index contributed by atoms with van der Waals surface area (Å²) in [5, 5.41) is 0. The van der Waals surface area contributed by atoms with Gasteiger partial charge in [-0.3, -0.25) is 4.72 Å². The average molecular weight is 467 g/mol. The van der Waals surface area contributed by atoms with Crippen LogP contribution in [0.25, 0.3) is 0 Å². The Morgan fingerprint density at radius 3 is 2.32 bits per heavy atom. The first-order valence-corrected chi connectivity index (χ1v) is 12.1. The van der Waals surface area contributed by atoms with Gasteiger partial charge in [-0.05, 0) is 54.6 Å². The first kappa shape index (κ1) is 22.8. The Balaban J connectivity index is 1.70. The normalized spacial score (nSPS) is 11.9. The second kappa shape index (κ2) is 9.96. The highest BCUT2D eigenvalue weighted by atomic mass is 32.2. The molecule has 0 bridgehead atoms. The fourth-order valence-corrected chi connectivity index (χ4v) is 4.65. The largest absolute Gasteiger partial charge is 0.491 e. The van der Waals surface area contributed by atoms with Gasteiger partial charge in [-0.15, -0.1) is 0 Å². The zero-order valence-electron chi connectivity index (χ0n) is 16.6. The second-order valence-electron chi connectivity index (χ2n) is 6.35. The van der Waals surface area contributed by atoms with Crippen LogP contribution >= 0.6 is 0 Å². The van der Waals surface area contributed by atoms with Crippen LogP contribution in [0.1, 0.15) is 5.76 Å². The Hall–Kier alpha value is -2.86. The van der Waals surface area contributed by atoms with E-state index in [4.69, 9.17) is 13.9 Å². The Kier molecular flexibility index (Phi) is 7.33. The zero-order chi connectivity index (χ0) is 22.3. The number of methoxy groups -OCH3 is 1. The monoisotopic (exact) mass is 466 g/mol. The maximum atomic E-state index is 12.7. The van der Waals surface area contributed by atoms with E-state index in [1.165, 1.54) is 54.8 Å². The molecule has 31 heavy (non-hydrogen) atoms. The van der Waals surface area contributed by atoms with E-state index in [2.05, 4.69) is 9.44 Å². The lowest BCUT2D eigenvalue weighted by molar-refractivity contribution is 0.146. The van der Waals surface area contributed by atoms with E-state index in [0.717, 1.165) is 0 Å². The Bertz CT molecular complexity index is 1190. The summed E-state index contributed by atoms with van der Waals surface area (Å²) in [5.74, 6) is 0.960. The third kappa shape index (κ3) is 6.31. The van der Waals surface area contributed by atoms with E-state index in [1.807, 2.05) is 0 Å². The van der Waals surface area contributed by atoms with Gasteiger partial charge in [0, 0.05) is 7.11 Å². The lowest BCUT2D eigenvalue weighted by atomic mass is 10.3. The molecule has 0 saturated carbocycles. The highest BCUT2D eigenvalue weighted by Crippen LogP contribution is 2.21. The third-order valence-corrected chi connectivity index (χ3v) is 6.90. The summed E-state index contributed by atoms with van der Waals surface area (Å²) < 4.78 is 70.6. The van der Waals surface area contributed by atoms with Gasteiger partial charge in [-0.25, -0.2) is 21.6 Å². The molecule has 1 aromatic heterocycles. The minimum atomic E-state index is -3.93. The number of hydrogen-bond donors (Lipinski definition) is 2. The molecule has 2 aromatic carbocycles. The molecule has 9 nitrogen and oxygen atoms in total. The van der Waals surface area contributed by atoms with Gasteiger partial charge in [-0.1, -0.05) is 6.07 Å². The van der Waals surface area contributed by atoms with Crippen LogP contribution in [0, 0.1) is 0 Å². The van der Waals surface area contributed by atoms with Crippen LogP contribution in [0.15, 0.2) is 81.1 Å². The minimum Gasteiger partial charge on any atom is -0.491 e. The predicted molar refractivity (Wildman–Crippen MR) is 114 cm³/mol. The van der Waals surface area contributed by atoms with Crippen LogP contribution in [-0.2, 0) is 31.3 Å². The average Bonchev–Trinajstić information content (AvgIpc) is 3.27. The van der Waals surface area contributed by atoms with Crippen molar-refractivity contribution >= 4 is 25.7 Å². The third-order valence-electron chi connectivity index (χ3n) is 4.10. The van der Waals surface area contributed by atoms with Crippen molar-refractivity contribution in [3.8, 4) is 5.75 Å². The van der Waals surface area contributed by atoms with Crippen molar-refractivity contribution in [3.63, 3.8) is 0 Å². The van der Waals surface area contributed by atoms with Gasteiger partial charge in [0.05, 0.1) is 34.9 Å². The molecule has 3 rings (SSSR count). The molecule has 0 fully saturated rings. The molecule has 0 aliphatic carbocycles. The van der Waals surface area contributed by atoms with Gasteiger partial charge >= 0.3 is 0 Å². The van der Waals surface area contributed by atoms with Crippen LogP contribution in [0.5, 0.6) is 5.75 Å². The molecule has 11 heteroatoms. The number of anilines is 1. The summed E-state index contributed by atoms with van der Waals surface area (Å²) >= 11 is 0. The number of hydrogen-bond acceptors (Lipinski definition) is 7. The molecular formula is C20H22N2O7S2. The molecule has 2 N–H and O–H groups in total. The van der Waals surface area contributed by atoms with E-state index < -0.39 is 20.0 Å². The van der Waals surface area contributed by atoms with Crippen molar-refractivity contribution in [2.24, 2.45) is 0 Å². The summed E-state index contributed by atoms with van der Waals surface area (Å²) in [7, 11) is -6.24. The lowest BCUT2D eigenvalue weighted by Gasteiger charge is -2.11. The predicted octanol–water partition coefficient (Wildman–Crippen LogP) is 2.58. The molecule has 0 aliphatic heterocycles. The van der Waals surface area contributed by atoms with Gasteiger partial charge in [0.25, 0.3) is 10.0 Å². The molecule has 0 aliphatic rings. The summed E-state index contributed by atoms with van der Waals surface area (Å²) in [6.45, 7) is 0.734. The Labute approximate surface area is 181 Å². The maximum Gasteiger partial charge on any atom is 0.261 e. The van der Waals surface area contributed by atoms with E-state index in [0.29, 0.717) is 24.7 Å². The van der Waals surface area contributed by atoms with Crippen molar-refractivity contribution in [2.45, 2.75) is 16.3 Å². The topological polar surface area (TPSA) is 124 Å². The number of ether oxygens (including phenoxy) is 2. The number of sulfonamides is 2. The van der Waals surface area contributed by atoms with Crippen molar-refractivity contribution in [3.05, 3.63) is 72.7 Å². The lowest BCUT2D eigenvalue weighted by Crippen LogP contribution is -2.23. The number of rotatable bonds is 11. The first-order valence-electron chi connectivity index (χ1n) is 9.17. The molecule has 3 aromatic rings. The second-order valence-corrected chi connectivity index (χ2v) is 9.80. The molecular weight excluding hydrogens is 444 g/mol. The van der Waals surface area contributed by atoms with Crippen molar-refractivity contribution in [1.29, 1.82) is 0 Å². The van der Waals surface area contributed by atoms with Gasteiger partial charge in [-0.2, -0.15) is 0 Å². The molecule has 0 atom stereocenters. The summed E-state index contributed by atoms with van der Waals surface area (Å²) in [4.78, 5) is -0.0723. The highest BCUT2D eigenvalue weighted by Gasteiger charge is 2.18. The minimum absolute atomic E-state index is 0.01000. The molecule has 0 radical (unpaired) electrons. The van der Waals surface area contributed by atoms with Gasteiger partial charge < -0.3 is 13.9 Å². The molecule has 0 unspecified atom stereocenters. The van der Waals surface area contributed by atoms with Crippen LogP contribution < -0.4 is 14.2 Å². The summed E-state index contributed by atoms with van der Waals surface area (Å²) in [6.07, 6.45) is 1.44. The molecule has 0 amide bonds. The van der Waals surface area contributed by atoms with E-state index in [9.17, 15) is 16.8 Å². The summed E-state index contributed by atoms with van der Waals surface area (Å²) in [6, 6.07) is 14.7. The number of nitrogens with one attached hydrogen (secondary N) is 2. The van der Waals surface area contributed by atoms with Gasteiger partial charge in [0.1, 0.15) is 18.1 Å². The zero-order valence-corrected chi connectivity index (χ0v) is 18.3.